The third-order valence-electron chi connectivity index (χ3n) is 3.09. The van der Waals surface area contributed by atoms with Gasteiger partial charge < -0.3 is 16.4 Å². The van der Waals surface area contributed by atoms with E-state index in [9.17, 15) is 9.59 Å². The molecule has 0 fully saturated rings. The Morgan fingerprint density at radius 2 is 1.80 bits per heavy atom. The quantitative estimate of drug-likeness (QED) is 0.433. The minimum absolute atomic E-state index is 0.153. The molecular formula is C17H12Cl2N4O2. The molecule has 0 saturated heterocycles. The van der Waals surface area contributed by atoms with Gasteiger partial charge in [-0.3, -0.25) is 9.59 Å². The molecule has 126 valence electrons. The number of nitriles is 1. The molecule has 0 spiro atoms. The Hall–Kier alpha value is -3.01. The molecule has 0 saturated carbocycles. The number of rotatable bonds is 4. The molecule has 0 aliphatic carbocycles. The van der Waals surface area contributed by atoms with E-state index in [0.717, 1.165) is 6.20 Å². The number of anilines is 2. The minimum atomic E-state index is -0.732. The summed E-state index contributed by atoms with van der Waals surface area (Å²) < 4.78 is 0. The van der Waals surface area contributed by atoms with E-state index in [4.69, 9.17) is 34.2 Å². The lowest BCUT2D eigenvalue weighted by Gasteiger charge is -2.07. The fraction of sp³-hybridized carbons (Fsp3) is 0. The first-order valence-corrected chi connectivity index (χ1v) is 7.70. The lowest BCUT2D eigenvalue weighted by molar-refractivity contribution is -0.112. The Bertz CT molecular complexity index is 887. The number of halogens is 2. The number of nitrogens with one attached hydrogen (secondary N) is 2. The highest BCUT2D eigenvalue weighted by Crippen LogP contribution is 2.29. The molecule has 2 rings (SSSR count). The molecule has 0 aromatic heterocycles. The Morgan fingerprint density at radius 1 is 1.12 bits per heavy atom. The lowest BCUT2D eigenvalue weighted by atomic mass is 10.2. The highest BCUT2D eigenvalue weighted by molar-refractivity contribution is 6.44. The van der Waals surface area contributed by atoms with Crippen molar-refractivity contribution in [2.24, 2.45) is 0 Å². The average Bonchev–Trinajstić information content (AvgIpc) is 2.60. The van der Waals surface area contributed by atoms with Crippen LogP contribution in [0, 0.1) is 11.3 Å². The summed E-state index contributed by atoms with van der Waals surface area (Å²) in [5.74, 6) is -1.22. The number of nitrogen functional groups attached to an aromatic ring is 1. The zero-order valence-corrected chi connectivity index (χ0v) is 14.2. The number of nitrogens with two attached hydrogens (primary N) is 1. The lowest BCUT2D eigenvalue weighted by Crippen LogP contribution is -2.21. The van der Waals surface area contributed by atoms with Crippen LogP contribution in [0.5, 0.6) is 0 Å². The van der Waals surface area contributed by atoms with Gasteiger partial charge in [-0.1, -0.05) is 29.3 Å². The summed E-state index contributed by atoms with van der Waals surface area (Å²) in [6, 6.07) is 12.6. The number of hydrogen-bond donors (Lipinski definition) is 3. The molecule has 4 N–H and O–H groups in total. The van der Waals surface area contributed by atoms with Gasteiger partial charge in [0.1, 0.15) is 11.6 Å². The molecule has 0 aliphatic rings. The SMILES string of the molecule is N#C/C(=C/NC(=O)c1ccc(N)cc1)C(=O)Nc1cccc(Cl)c1Cl. The van der Waals surface area contributed by atoms with E-state index in [2.05, 4.69) is 10.6 Å². The van der Waals surface area contributed by atoms with E-state index in [1.165, 1.54) is 18.2 Å². The van der Waals surface area contributed by atoms with Crippen LogP contribution in [-0.2, 0) is 4.79 Å². The van der Waals surface area contributed by atoms with Gasteiger partial charge in [0.2, 0.25) is 0 Å². The van der Waals surface area contributed by atoms with Crippen LogP contribution in [0.25, 0.3) is 0 Å². The summed E-state index contributed by atoms with van der Waals surface area (Å²) in [5.41, 5.74) is 6.35. The van der Waals surface area contributed by atoms with Crippen LogP contribution in [0.2, 0.25) is 10.0 Å². The van der Waals surface area contributed by atoms with Crippen molar-refractivity contribution < 1.29 is 9.59 Å². The van der Waals surface area contributed by atoms with Crippen LogP contribution in [0.1, 0.15) is 10.4 Å². The summed E-state index contributed by atoms with van der Waals surface area (Å²) in [5, 5.41) is 14.4. The predicted molar refractivity (Wildman–Crippen MR) is 97.1 cm³/mol. The molecule has 2 aromatic rings. The molecule has 0 heterocycles. The van der Waals surface area contributed by atoms with Crippen LogP contribution in [0.4, 0.5) is 11.4 Å². The van der Waals surface area contributed by atoms with E-state index in [1.54, 1.807) is 30.3 Å². The number of benzene rings is 2. The van der Waals surface area contributed by atoms with Crippen molar-refractivity contribution in [1.82, 2.24) is 5.32 Å². The first kappa shape index (κ1) is 18.3. The van der Waals surface area contributed by atoms with E-state index in [-0.39, 0.29) is 21.3 Å². The maximum atomic E-state index is 12.1. The number of hydrogen-bond acceptors (Lipinski definition) is 4. The highest BCUT2D eigenvalue weighted by atomic mass is 35.5. The third kappa shape index (κ3) is 4.73. The second-order valence-electron chi connectivity index (χ2n) is 4.82. The largest absolute Gasteiger partial charge is 0.399 e. The minimum Gasteiger partial charge on any atom is -0.399 e. The Kier molecular flexibility index (Phi) is 6.01. The standard InChI is InChI=1S/C17H12Cl2N4O2/c18-13-2-1-3-14(15(13)19)23-17(25)11(8-20)9-22-16(24)10-4-6-12(21)7-5-10/h1-7,9H,21H2,(H,22,24)(H,23,25)/b11-9-. The molecule has 0 bridgehead atoms. The third-order valence-corrected chi connectivity index (χ3v) is 3.90. The van der Waals surface area contributed by atoms with Crippen molar-refractivity contribution in [3.63, 3.8) is 0 Å². The van der Waals surface area contributed by atoms with E-state index >= 15 is 0 Å². The maximum absolute atomic E-state index is 12.1. The number of carbonyl (C=O) groups is 2. The Balaban J connectivity index is 2.10. The number of amides is 2. The molecule has 2 amide bonds. The normalized spacial score (nSPS) is 10.7. The van der Waals surface area contributed by atoms with Crippen molar-refractivity contribution in [3.8, 4) is 6.07 Å². The molecule has 0 unspecified atom stereocenters. The molecule has 0 aliphatic heterocycles. The average molecular weight is 375 g/mol. The van der Waals surface area contributed by atoms with Crippen molar-refractivity contribution in [1.29, 1.82) is 5.26 Å². The summed E-state index contributed by atoms with van der Waals surface area (Å²) in [7, 11) is 0. The van der Waals surface area contributed by atoms with E-state index in [0.29, 0.717) is 11.3 Å². The van der Waals surface area contributed by atoms with E-state index < -0.39 is 11.8 Å². The van der Waals surface area contributed by atoms with Crippen molar-refractivity contribution >= 4 is 46.4 Å². The van der Waals surface area contributed by atoms with Crippen LogP contribution >= 0.6 is 23.2 Å². The number of carbonyl (C=O) groups excluding carboxylic acids is 2. The Labute approximate surface area is 153 Å². The fourth-order valence-corrected chi connectivity index (χ4v) is 2.14. The summed E-state index contributed by atoms with van der Waals surface area (Å²) in [4.78, 5) is 24.1. The highest BCUT2D eigenvalue weighted by Gasteiger charge is 2.13. The van der Waals surface area contributed by atoms with E-state index in [1.807, 2.05) is 0 Å². The topological polar surface area (TPSA) is 108 Å². The van der Waals surface area contributed by atoms with Crippen molar-refractivity contribution in [2.75, 3.05) is 11.1 Å². The molecule has 25 heavy (non-hydrogen) atoms. The van der Waals surface area contributed by atoms with Crippen LogP contribution in [0.3, 0.4) is 0 Å². The number of nitrogens with zero attached hydrogens (tertiary/aromatic N) is 1. The zero-order valence-electron chi connectivity index (χ0n) is 12.7. The van der Waals surface area contributed by atoms with Gasteiger partial charge in [-0.25, -0.2) is 0 Å². The molecular weight excluding hydrogens is 363 g/mol. The van der Waals surface area contributed by atoms with Gasteiger partial charge in [0, 0.05) is 17.5 Å². The summed E-state index contributed by atoms with van der Waals surface area (Å²) in [6.07, 6.45) is 1.02. The molecule has 0 radical (unpaired) electrons. The van der Waals surface area contributed by atoms with Gasteiger partial charge in [-0.2, -0.15) is 5.26 Å². The van der Waals surface area contributed by atoms with Gasteiger partial charge in [-0.05, 0) is 36.4 Å². The Morgan fingerprint density at radius 3 is 2.44 bits per heavy atom. The maximum Gasteiger partial charge on any atom is 0.267 e. The second-order valence-corrected chi connectivity index (χ2v) is 5.61. The van der Waals surface area contributed by atoms with Crippen LogP contribution in [-0.4, -0.2) is 11.8 Å². The van der Waals surface area contributed by atoms with Gasteiger partial charge in [0.05, 0.1) is 15.7 Å². The molecule has 0 atom stereocenters. The molecule has 6 nitrogen and oxygen atoms in total. The summed E-state index contributed by atoms with van der Waals surface area (Å²) >= 11 is 11.8. The van der Waals surface area contributed by atoms with Gasteiger partial charge >= 0.3 is 0 Å². The van der Waals surface area contributed by atoms with Crippen molar-refractivity contribution in [2.45, 2.75) is 0 Å². The zero-order chi connectivity index (χ0) is 18.4. The summed E-state index contributed by atoms with van der Waals surface area (Å²) in [6.45, 7) is 0. The molecule has 8 heteroatoms. The first-order valence-electron chi connectivity index (χ1n) is 6.94. The van der Waals surface area contributed by atoms with Crippen molar-refractivity contribution in [3.05, 3.63) is 69.8 Å². The second kappa shape index (κ2) is 8.20. The predicted octanol–water partition coefficient (Wildman–Crippen LogP) is 3.35. The van der Waals surface area contributed by atoms with Crippen LogP contribution in [0.15, 0.2) is 54.2 Å². The van der Waals surface area contributed by atoms with Gasteiger partial charge in [-0.15, -0.1) is 0 Å². The monoisotopic (exact) mass is 374 g/mol. The first-order chi connectivity index (χ1) is 11.9. The molecule has 2 aromatic carbocycles. The van der Waals surface area contributed by atoms with Gasteiger partial charge in [0.15, 0.2) is 0 Å². The van der Waals surface area contributed by atoms with Gasteiger partial charge in [0.25, 0.3) is 11.8 Å². The fourth-order valence-electron chi connectivity index (χ4n) is 1.79. The van der Waals surface area contributed by atoms with Crippen LogP contribution < -0.4 is 16.4 Å². The smallest absolute Gasteiger partial charge is 0.267 e.